The second-order valence-electron chi connectivity index (χ2n) is 6.63. The van der Waals surface area contributed by atoms with Crippen LogP contribution in [0.4, 0.5) is 5.69 Å². The van der Waals surface area contributed by atoms with E-state index in [1.807, 2.05) is 13.0 Å². The molecule has 3 rings (SSSR count). The number of nitrogens with one attached hydrogen (secondary N) is 3. The molecule has 1 aliphatic rings. The molecule has 0 radical (unpaired) electrons. The lowest BCUT2D eigenvalue weighted by molar-refractivity contribution is -0.139. The zero-order valence-electron chi connectivity index (χ0n) is 14.9. The average Bonchev–Trinajstić information content (AvgIpc) is 2.66. The van der Waals surface area contributed by atoms with Crippen LogP contribution < -0.4 is 16.2 Å². The van der Waals surface area contributed by atoms with E-state index < -0.39 is 11.8 Å². The summed E-state index contributed by atoms with van der Waals surface area (Å²) in [6.07, 6.45) is 4.59. The zero-order chi connectivity index (χ0) is 19.4. The number of hydrogen-bond acceptors (Lipinski definition) is 3. The summed E-state index contributed by atoms with van der Waals surface area (Å²) in [5.41, 5.74) is 9.12. The first-order chi connectivity index (χ1) is 12.9. The van der Waals surface area contributed by atoms with Gasteiger partial charge in [0.05, 0.1) is 16.8 Å². The smallest absolute Gasteiger partial charge is 0.327 e. The third-order valence-corrected chi connectivity index (χ3v) is 5.22. The number of hydrazine groups is 1. The molecule has 5 nitrogen and oxygen atoms in total. The molecule has 27 heavy (non-hydrogen) atoms. The average molecular weight is 406 g/mol. The highest BCUT2D eigenvalue weighted by Gasteiger charge is 2.18. The summed E-state index contributed by atoms with van der Waals surface area (Å²) in [4.78, 5) is 24.2. The van der Waals surface area contributed by atoms with Crippen LogP contribution in [-0.4, -0.2) is 11.8 Å². The number of rotatable bonds is 4. The molecule has 0 saturated heterocycles. The van der Waals surface area contributed by atoms with Crippen molar-refractivity contribution >= 4 is 40.7 Å². The maximum atomic E-state index is 12.2. The van der Waals surface area contributed by atoms with Crippen LogP contribution in [-0.2, 0) is 22.4 Å². The summed E-state index contributed by atoms with van der Waals surface area (Å²) in [7, 11) is 0. The molecule has 0 heterocycles. The minimum Gasteiger partial charge on any atom is -0.341 e. The Labute approximate surface area is 168 Å². The molecular formula is C20H21Cl2N3O2. The SMILES string of the molecule is CC(NC(=O)C(=O)NNc1ccc(Cl)cc1Cl)c1ccc2c(c1)CCCC2. The predicted molar refractivity (Wildman–Crippen MR) is 108 cm³/mol. The summed E-state index contributed by atoms with van der Waals surface area (Å²) in [5.74, 6) is -1.52. The van der Waals surface area contributed by atoms with E-state index in [9.17, 15) is 9.59 Å². The van der Waals surface area contributed by atoms with Gasteiger partial charge in [0.25, 0.3) is 0 Å². The van der Waals surface area contributed by atoms with E-state index in [-0.39, 0.29) is 6.04 Å². The molecule has 0 aliphatic heterocycles. The van der Waals surface area contributed by atoms with Gasteiger partial charge in [-0.2, -0.15) is 0 Å². The molecule has 1 unspecified atom stereocenters. The van der Waals surface area contributed by atoms with Gasteiger partial charge in [-0.3, -0.25) is 20.4 Å². The number of anilines is 1. The molecule has 0 bridgehead atoms. The van der Waals surface area contributed by atoms with Crippen molar-refractivity contribution in [3.05, 3.63) is 63.1 Å². The fourth-order valence-corrected chi connectivity index (χ4v) is 3.60. The summed E-state index contributed by atoms with van der Waals surface area (Å²) in [6, 6.07) is 10.8. The topological polar surface area (TPSA) is 70.2 Å². The van der Waals surface area contributed by atoms with Gasteiger partial charge in [-0.15, -0.1) is 0 Å². The monoisotopic (exact) mass is 405 g/mol. The fraction of sp³-hybridized carbons (Fsp3) is 0.300. The van der Waals surface area contributed by atoms with Gasteiger partial charge in [-0.1, -0.05) is 41.4 Å². The van der Waals surface area contributed by atoms with Gasteiger partial charge in [0, 0.05) is 5.02 Å². The number of carbonyl (C=O) groups is 2. The Kier molecular flexibility index (Phi) is 6.24. The van der Waals surface area contributed by atoms with Gasteiger partial charge in [0.2, 0.25) is 0 Å². The summed E-state index contributed by atoms with van der Waals surface area (Å²) in [6.45, 7) is 1.86. The van der Waals surface area contributed by atoms with Crippen molar-refractivity contribution < 1.29 is 9.59 Å². The van der Waals surface area contributed by atoms with Crippen molar-refractivity contribution in [1.82, 2.24) is 10.7 Å². The lowest BCUT2D eigenvalue weighted by Crippen LogP contribution is -2.43. The summed E-state index contributed by atoms with van der Waals surface area (Å²) >= 11 is 11.8. The second kappa shape index (κ2) is 8.63. The Bertz CT molecular complexity index is 870. The van der Waals surface area contributed by atoms with Crippen LogP contribution >= 0.6 is 23.2 Å². The van der Waals surface area contributed by atoms with Crippen molar-refractivity contribution in [2.75, 3.05) is 5.43 Å². The molecule has 0 fully saturated rings. The number of hydrogen-bond donors (Lipinski definition) is 3. The summed E-state index contributed by atoms with van der Waals surface area (Å²) < 4.78 is 0. The van der Waals surface area contributed by atoms with Crippen molar-refractivity contribution in [3.8, 4) is 0 Å². The lowest BCUT2D eigenvalue weighted by atomic mass is 9.89. The molecule has 1 atom stereocenters. The first-order valence-electron chi connectivity index (χ1n) is 8.87. The van der Waals surface area contributed by atoms with Crippen LogP contribution in [0.25, 0.3) is 0 Å². The first-order valence-corrected chi connectivity index (χ1v) is 9.63. The van der Waals surface area contributed by atoms with E-state index in [0.717, 1.165) is 18.4 Å². The van der Waals surface area contributed by atoms with Crippen LogP contribution in [0.2, 0.25) is 10.0 Å². The number of carbonyl (C=O) groups excluding carboxylic acids is 2. The Morgan fingerprint density at radius 2 is 1.70 bits per heavy atom. The summed E-state index contributed by atoms with van der Waals surface area (Å²) in [5, 5.41) is 3.54. The highest BCUT2D eigenvalue weighted by molar-refractivity contribution is 6.37. The molecule has 0 spiro atoms. The largest absolute Gasteiger partial charge is 0.341 e. The van der Waals surface area contributed by atoms with Crippen molar-refractivity contribution in [1.29, 1.82) is 0 Å². The lowest BCUT2D eigenvalue weighted by Gasteiger charge is -2.20. The van der Waals surface area contributed by atoms with E-state index in [1.165, 1.54) is 30.0 Å². The minimum absolute atomic E-state index is 0.269. The standard InChI is InChI=1S/C20H21Cl2N3O2/c1-12(14-7-6-13-4-2-3-5-15(13)10-14)23-19(26)20(27)25-24-18-9-8-16(21)11-17(18)22/h6-12,24H,2-5H2,1H3,(H,23,26)(H,25,27). The molecular weight excluding hydrogens is 385 g/mol. The Morgan fingerprint density at radius 3 is 2.44 bits per heavy atom. The van der Waals surface area contributed by atoms with E-state index in [1.54, 1.807) is 12.1 Å². The first kappa shape index (κ1) is 19.5. The van der Waals surface area contributed by atoms with Crippen LogP contribution in [0, 0.1) is 0 Å². The normalized spacial score (nSPS) is 14.0. The third kappa shape index (κ3) is 4.93. The number of fused-ring (bicyclic) bond motifs is 1. The predicted octanol–water partition coefficient (Wildman–Crippen LogP) is 4.19. The Hall–Kier alpha value is -2.24. The highest BCUT2D eigenvalue weighted by Crippen LogP contribution is 2.25. The van der Waals surface area contributed by atoms with E-state index >= 15 is 0 Å². The molecule has 0 aromatic heterocycles. The van der Waals surface area contributed by atoms with Crippen molar-refractivity contribution in [2.24, 2.45) is 0 Å². The zero-order valence-corrected chi connectivity index (χ0v) is 16.5. The van der Waals surface area contributed by atoms with Gasteiger partial charge in [-0.25, -0.2) is 0 Å². The maximum absolute atomic E-state index is 12.2. The van der Waals surface area contributed by atoms with Crippen molar-refractivity contribution in [2.45, 2.75) is 38.6 Å². The number of aryl methyl sites for hydroxylation is 2. The molecule has 1 aliphatic carbocycles. The number of halogens is 2. The third-order valence-electron chi connectivity index (χ3n) is 4.67. The molecule has 2 aromatic carbocycles. The van der Waals surface area contributed by atoms with E-state index in [2.05, 4.69) is 28.3 Å². The fourth-order valence-electron chi connectivity index (χ4n) is 3.14. The van der Waals surface area contributed by atoms with Gasteiger partial charge in [0.15, 0.2) is 0 Å². The second-order valence-corrected chi connectivity index (χ2v) is 7.48. The van der Waals surface area contributed by atoms with Crippen LogP contribution in [0.5, 0.6) is 0 Å². The Morgan fingerprint density at radius 1 is 0.963 bits per heavy atom. The molecule has 142 valence electrons. The van der Waals surface area contributed by atoms with Crippen LogP contribution in [0.1, 0.15) is 42.5 Å². The van der Waals surface area contributed by atoms with E-state index in [0.29, 0.717) is 15.7 Å². The molecule has 0 saturated carbocycles. The van der Waals surface area contributed by atoms with Gasteiger partial charge >= 0.3 is 11.8 Å². The number of benzene rings is 2. The highest BCUT2D eigenvalue weighted by atomic mass is 35.5. The molecule has 2 amide bonds. The molecule has 2 aromatic rings. The quantitative estimate of drug-likeness (QED) is 0.527. The van der Waals surface area contributed by atoms with Gasteiger partial charge in [0.1, 0.15) is 0 Å². The number of amides is 2. The van der Waals surface area contributed by atoms with Crippen LogP contribution in [0.15, 0.2) is 36.4 Å². The van der Waals surface area contributed by atoms with E-state index in [4.69, 9.17) is 23.2 Å². The molecule has 3 N–H and O–H groups in total. The maximum Gasteiger partial charge on any atom is 0.327 e. The Balaban J connectivity index is 1.56. The minimum atomic E-state index is -0.800. The molecule has 7 heteroatoms. The van der Waals surface area contributed by atoms with Gasteiger partial charge < -0.3 is 5.32 Å². The van der Waals surface area contributed by atoms with Crippen LogP contribution in [0.3, 0.4) is 0 Å². The van der Waals surface area contributed by atoms with Gasteiger partial charge in [-0.05, 0) is 67.5 Å². The van der Waals surface area contributed by atoms with Crippen molar-refractivity contribution in [3.63, 3.8) is 0 Å².